The van der Waals surface area contributed by atoms with Gasteiger partial charge in [0.25, 0.3) is 0 Å². The van der Waals surface area contributed by atoms with E-state index in [0.717, 1.165) is 19.5 Å². The van der Waals surface area contributed by atoms with Crippen molar-refractivity contribution in [2.45, 2.75) is 32.9 Å². The van der Waals surface area contributed by atoms with Crippen molar-refractivity contribution in [2.75, 3.05) is 6.54 Å². The Kier molecular flexibility index (Phi) is 2.70. The Balaban J connectivity index is 2.11. The highest BCUT2D eigenvalue weighted by Crippen LogP contribution is 2.25. The van der Waals surface area contributed by atoms with Gasteiger partial charge in [0.2, 0.25) is 0 Å². The van der Waals surface area contributed by atoms with E-state index in [9.17, 15) is 4.79 Å². The third-order valence-electron chi connectivity index (χ3n) is 2.97. The first-order valence-corrected chi connectivity index (χ1v) is 5.86. The summed E-state index contributed by atoms with van der Waals surface area (Å²) in [4.78, 5) is 15.0. The molecule has 2 rings (SSSR count). The zero-order chi connectivity index (χ0) is 10.1. The highest BCUT2D eigenvalue weighted by atomic mass is 32.1. The fraction of sp³-hybridized carbons (Fsp3) is 0.545. The second-order valence-corrected chi connectivity index (χ2v) is 4.88. The van der Waals surface area contributed by atoms with Gasteiger partial charge in [0.15, 0.2) is 0 Å². The Hall–Kier alpha value is -0.670. The number of carbonyl (C=O) groups is 1. The summed E-state index contributed by atoms with van der Waals surface area (Å²) in [6, 6.07) is 2.25. The maximum Gasteiger partial charge on any atom is 0.146 e. The largest absolute Gasteiger partial charge is 0.298 e. The molecule has 2 heterocycles. The minimum Gasteiger partial charge on any atom is -0.298 e. The fourth-order valence-corrected chi connectivity index (χ4v) is 2.75. The molecule has 76 valence electrons. The molecule has 0 amide bonds. The van der Waals surface area contributed by atoms with Crippen LogP contribution in [0, 0.1) is 0 Å². The van der Waals surface area contributed by atoms with Gasteiger partial charge in [-0.2, -0.15) is 0 Å². The molecule has 0 aliphatic carbocycles. The van der Waals surface area contributed by atoms with E-state index in [4.69, 9.17) is 0 Å². The molecule has 0 saturated carbocycles. The number of hydrogen-bond donors (Lipinski definition) is 0. The minimum atomic E-state index is 0.0723. The first-order valence-electron chi connectivity index (χ1n) is 4.98. The molecular formula is C11H15NOS. The quantitative estimate of drug-likeness (QED) is 0.743. The van der Waals surface area contributed by atoms with Crippen molar-refractivity contribution in [3.05, 3.63) is 21.9 Å². The number of nitrogens with zero attached hydrogens (tertiary/aromatic N) is 1. The molecule has 0 spiro atoms. The SMILES string of the molecule is CC(=O)C(C)N1CCc2sccc2C1. The van der Waals surface area contributed by atoms with Crippen molar-refractivity contribution >= 4 is 17.1 Å². The maximum absolute atomic E-state index is 11.3. The second-order valence-electron chi connectivity index (χ2n) is 3.88. The highest BCUT2D eigenvalue weighted by Gasteiger charge is 2.23. The summed E-state index contributed by atoms with van der Waals surface area (Å²) in [5.74, 6) is 0.267. The van der Waals surface area contributed by atoms with Crippen molar-refractivity contribution in [1.29, 1.82) is 0 Å². The fourth-order valence-electron chi connectivity index (χ4n) is 1.86. The monoisotopic (exact) mass is 209 g/mol. The Labute approximate surface area is 88.5 Å². The van der Waals surface area contributed by atoms with Crippen LogP contribution < -0.4 is 0 Å². The lowest BCUT2D eigenvalue weighted by atomic mass is 10.1. The summed E-state index contributed by atoms with van der Waals surface area (Å²) in [5.41, 5.74) is 1.41. The average Bonchev–Trinajstić information content (AvgIpc) is 2.62. The van der Waals surface area contributed by atoms with Crippen molar-refractivity contribution in [1.82, 2.24) is 4.90 Å². The zero-order valence-corrected chi connectivity index (χ0v) is 9.43. The van der Waals surface area contributed by atoms with Gasteiger partial charge in [-0.05, 0) is 37.3 Å². The molecular weight excluding hydrogens is 194 g/mol. The zero-order valence-electron chi connectivity index (χ0n) is 8.62. The molecule has 1 aliphatic rings. The Morgan fingerprint density at radius 1 is 1.64 bits per heavy atom. The number of hydrogen-bond acceptors (Lipinski definition) is 3. The van der Waals surface area contributed by atoms with Gasteiger partial charge in [0, 0.05) is 18.0 Å². The molecule has 1 aromatic rings. The average molecular weight is 209 g/mol. The summed E-state index contributed by atoms with van der Waals surface area (Å²) in [7, 11) is 0. The van der Waals surface area contributed by atoms with E-state index < -0.39 is 0 Å². The molecule has 1 aliphatic heterocycles. The smallest absolute Gasteiger partial charge is 0.146 e. The van der Waals surface area contributed by atoms with Gasteiger partial charge >= 0.3 is 0 Å². The van der Waals surface area contributed by atoms with Gasteiger partial charge in [-0.3, -0.25) is 9.69 Å². The number of fused-ring (bicyclic) bond motifs is 1. The van der Waals surface area contributed by atoms with Crippen LogP contribution in [-0.4, -0.2) is 23.3 Å². The summed E-state index contributed by atoms with van der Waals surface area (Å²) < 4.78 is 0. The van der Waals surface area contributed by atoms with Crippen molar-refractivity contribution in [2.24, 2.45) is 0 Å². The first kappa shape index (κ1) is 9.87. The number of Topliss-reactive ketones (excluding diaryl/α,β-unsaturated/α-hetero) is 1. The first-order chi connectivity index (χ1) is 6.68. The molecule has 0 bridgehead atoms. The van der Waals surface area contributed by atoms with E-state index in [1.807, 2.05) is 18.3 Å². The maximum atomic E-state index is 11.3. The minimum absolute atomic E-state index is 0.0723. The summed E-state index contributed by atoms with van der Waals surface area (Å²) in [5, 5.41) is 2.15. The second kappa shape index (κ2) is 3.83. The molecule has 2 nitrogen and oxygen atoms in total. The molecule has 1 atom stereocenters. The number of rotatable bonds is 2. The van der Waals surface area contributed by atoms with E-state index in [1.165, 1.54) is 10.4 Å². The molecule has 0 aromatic carbocycles. The number of carbonyl (C=O) groups excluding carboxylic acids is 1. The number of thiophene rings is 1. The van der Waals surface area contributed by atoms with Crippen LogP contribution >= 0.6 is 11.3 Å². The van der Waals surface area contributed by atoms with Gasteiger partial charge in [0.1, 0.15) is 5.78 Å². The van der Waals surface area contributed by atoms with Gasteiger partial charge in [-0.1, -0.05) is 0 Å². The topological polar surface area (TPSA) is 20.3 Å². The van der Waals surface area contributed by atoms with Crippen LogP contribution in [0.4, 0.5) is 0 Å². The van der Waals surface area contributed by atoms with Crippen molar-refractivity contribution < 1.29 is 4.79 Å². The van der Waals surface area contributed by atoms with E-state index >= 15 is 0 Å². The van der Waals surface area contributed by atoms with Gasteiger partial charge in [0.05, 0.1) is 6.04 Å². The molecule has 0 radical (unpaired) electrons. The van der Waals surface area contributed by atoms with Crippen LogP contribution in [0.2, 0.25) is 0 Å². The lowest BCUT2D eigenvalue weighted by Gasteiger charge is -2.30. The van der Waals surface area contributed by atoms with Crippen LogP contribution in [0.1, 0.15) is 24.3 Å². The molecule has 1 unspecified atom stereocenters. The van der Waals surface area contributed by atoms with Crippen LogP contribution in [0.5, 0.6) is 0 Å². The van der Waals surface area contributed by atoms with E-state index in [0.29, 0.717) is 0 Å². The van der Waals surface area contributed by atoms with Crippen molar-refractivity contribution in [3.8, 4) is 0 Å². The predicted octanol–water partition coefficient (Wildman–Crippen LogP) is 2.08. The third kappa shape index (κ3) is 1.74. The Morgan fingerprint density at radius 3 is 3.14 bits per heavy atom. The summed E-state index contributed by atoms with van der Waals surface area (Å²) >= 11 is 1.84. The molecule has 0 saturated heterocycles. The Morgan fingerprint density at radius 2 is 2.43 bits per heavy atom. The Bertz CT molecular complexity index is 345. The van der Waals surface area contributed by atoms with Crippen LogP contribution in [-0.2, 0) is 17.8 Å². The normalized spacial score (nSPS) is 19.0. The third-order valence-corrected chi connectivity index (χ3v) is 4.00. The molecule has 0 fully saturated rings. The lowest BCUT2D eigenvalue weighted by molar-refractivity contribution is -0.121. The molecule has 0 N–H and O–H groups in total. The van der Waals surface area contributed by atoms with Gasteiger partial charge in [-0.25, -0.2) is 0 Å². The lowest BCUT2D eigenvalue weighted by Crippen LogP contribution is -2.40. The standard InChI is InChI=1S/C11H15NOS/c1-8(9(2)13)12-5-3-11-10(7-12)4-6-14-11/h4,6,8H,3,5,7H2,1-2H3. The van der Waals surface area contributed by atoms with Gasteiger partial charge in [-0.15, -0.1) is 11.3 Å². The van der Waals surface area contributed by atoms with Crippen molar-refractivity contribution in [3.63, 3.8) is 0 Å². The van der Waals surface area contributed by atoms with Crippen LogP contribution in [0.15, 0.2) is 11.4 Å². The van der Waals surface area contributed by atoms with E-state index in [-0.39, 0.29) is 11.8 Å². The number of ketones is 1. The molecule has 3 heteroatoms. The molecule has 1 aromatic heterocycles. The van der Waals surface area contributed by atoms with Crippen LogP contribution in [0.3, 0.4) is 0 Å². The van der Waals surface area contributed by atoms with Crippen LogP contribution in [0.25, 0.3) is 0 Å². The van der Waals surface area contributed by atoms with E-state index in [2.05, 4.69) is 16.3 Å². The van der Waals surface area contributed by atoms with Gasteiger partial charge < -0.3 is 0 Å². The predicted molar refractivity (Wildman–Crippen MR) is 58.6 cm³/mol. The highest BCUT2D eigenvalue weighted by molar-refractivity contribution is 7.10. The summed E-state index contributed by atoms with van der Waals surface area (Å²) in [6.45, 7) is 5.64. The molecule has 14 heavy (non-hydrogen) atoms. The van der Waals surface area contributed by atoms with E-state index in [1.54, 1.807) is 6.92 Å². The summed E-state index contributed by atoms with van der Waals surface area (Å²) in [6.07, 6.45) is 1.10.